The lowest BCUT2D eigenvalue weighted by atomic mass is 10.2. The third-order valence-electron chi connectivity index (χ3n) is 1.77. The van der Waals surface area contributed by atoms with E-state index in [0.29, 0.717) is 6.54 Å². The molecule has 0 aromatic heterocycles. The summed E-state index contributed by atoms with van der Waals surface area (Å²) in [6, 6.07) is -0.162. The Morgan fingerprint density at radius 2 is 2.25 bits per heavy atom. The van der Waals surface area contributed by atoms with Crippen LogP contribution in [0.5, 0.6) is 0 Å². The predicted octanol–water partition coefficient (Wildman–Crippen LogP) is -0.125. The fraction of sp³-hybridized carbons (Fsp3) is 0.875. The summed E-state index contributed by atoms with van der Waals surface area (Å²) in [6.45, 7) is 4.41. The van der Waals surface area contributed by atoms with Crippen molar-refractivity contribution in [2.24, 2.45) is 5.73 Å². The summed E-state index contributed by atoms with van der Waals surface area (Å²) in [5.41, 5.74) is 5.65. The molecule has 0 radical (unpaired) electrons. The standard InChI is InChI=1S/C8H18N2O2/c1-4-7(9)5-10-6(2)8(11)12-3/h6-7,10H,4-5,9H2,1-3H3. The van der Waals surface area contributed by atoms with Crippen molar-refractivity contribution in [2.45, 2.75) is 32.4 Å². The first-order chi connectivity index (χ1) is 5.61. The van der Waals surface area contributed by atoms with Crippen molar-refractivity contribution in [2.75, 3.05) is 13.7 Å². The fourth-order valence-corrected chi connectivity index (χ4v) is 0.733. The van der Waals surface area contributed by atoms with E-state index in [-0.39, 0.29) is 18.1 Å². The highest BCUT2D eigenvalue weighted by Crippen LogP contribution is 1.88. The second-order valence-corrected chi connectivity index (χ2v) is 2.82. The van der Waals surface area contributed by atoms with Gasteiger partial charge in [-0.1, -0.05) is 6.92 Å². The van der Waals surface area contributed by atoms with E-state index in [1.807, 2.05) is 6.92 Å². The van der Waals surface area contributed by atoms with Gasteiger partial charge >= 0.3 is 5.97 Å². The predicted molar refractivity (Wildman–Crippen MR) is 47.7 cm³/mol. The zero-order chi connectivity index (χ0) is 9.56. The minimum Gasteiger partial charge on any atom is -0.468 e. The highest BCUT2D eigenvalue weighted by Gasteiger charge is 2.12. The molecule has 0 rings (SSSR count). The average Bonchev–Trinajstić information content (AvgIpc) is 2.11. The van der Waals surface area contributed by atoms with Crippen LogP contribution in [0.3, 0.4) is 0 Å². The molecule has 0 bridgehead atoms. The minimum atomic E-state index is -0.271. The molecule has 3 N–H and O–H groups in total. The van der Waals surface area contributed by atoms with Crippen molar-refractivity contribution in [3.63, 3.8) is 0 Å². The van der Waals surface area contributed by atoms with Crippen molar-refractivity contribution in [3.05, 3.63) is 0 Å². The monoisotopic (exact) mass is 174 g/mol. The van der Waals surface area contributed by atoms with E-state index in [0.717, 1.165) is 6.42 Å². The van der Waals surface area contributed by atoms with Gasteiger partial charge in [0.15, 0.2) is 0 Å². The lowest BCUT2D eigenvalue weighted by Crippen LogP contribution is -2.42. The Bertz CT molecular complexity index is 139. The first kappa shape index (κ1) is 11.4. The molecular weight excluding hydrogens is 156 g/mol. The van der Waals surface area contributed by atoms with Crippen LogP contribution >= 0.6 is 0 Å². The molecule has 0 heterocycles. The highest BCUT2D eigenvalue weighted by atomic mass is 16.5. The summed E-state index contributed by atoms with van der Waals surface area (Å²) in [5.74, 6) is -0.252. The maximum absolute atomic E-state index is 10.9. The first-order valence-electron chi connectivity index (χ1n) is 4.18. The van der Waals surface area contributed by atoms with Gasteiger partial charge in [0.1, 0.15) is 6.04 Å². The van der Waals surface area contributed by atoms with Crippen LogP contribution in [0.15, 0.2) is 0 Å². The number of hydrogen-bond donors (Lipinski definition) is 2. The van der Waals surface area contributed by atoms with Gasteiger partial charge in [0.2, 0.25) is 0 Å². The van der Waals surface area contributed by atoms with E-state index >= 15 is 0 Å². The Balaban J connectivity index is 3.56. The van der Waals surface area contributed by atoms with Crippen LogP contribution in [0, 0.1) is 0 Å². The fourth-order valence-electron chi connectivity index (χ4n) is 0.733. The topological polar surface area (TPSA) is 64.3 Å². The van der Waals surface area contributed by atoms with E-state index in [1.165, 1.54) is 7.11 Å². The molecule has 0 saturated heterocycles. The quantitative estimate of drug-likeness (QED) is 0.570. The summed E-state index contributed by atoms with van der Waals surface area (Å²) in [7, 11) is 1.38. The van der Waals surface area contributed by atoms with Crippen molar-refractivity contribution in [1.82, 2.24) is 5.32 Å². The van der Waals surface area contributed by atoms with Crippen LogP contribution in [0.2, 0.25) is 0 Å². The zero-order valence-electron chi connectivity index (χ0n) is 7.96. The van der Waals surface area contributed by atoms with Crippen LogP contribution in [0.4, 0.5) is 0 Å². The molecule has 0 aliphatic carbocycles. The zero-order valence-corrected chi connectivity index (χ0v) is 7.96. The maximum atomic E-state index is 10.9. The van der Waals surface area contributed by atoms with Gasteiger partial charge in [-0.3, -0.25) is 4.79 Å². The molecule has 0 aliphatic heterocycles. The highest BCUT2D eigenvalue weighted by molar-refractivity contribution is 5.75. The summed E-state index contributed by atoms with van der Waals surface area (Å²) in [6.07, 6.45) is 0.904. The second kappa shape index (κ2) is 5.97. The number of nitrogens with one attached hydrogen (secondary N) is 1. The van der Waals surface area contributed by atoms with Gasteiger partial charge in [-0.05, 0) is 13.3 Å². The Labute approximate surface area is 73.5 Å². The van der Waals surface area contributed by atoms with Crippen LogP contribution in [0.1, 0.15) is 20.3 Å². The Morgan fingerprint density at radius 3 is 2.67 bits per heavy atom. The Morgan fingerprint density at radius 1 is 1.67 bits per heavy atom. The number of ether oxygens (including phenoxy) is 1. The number of esters is 1. The molecule has 4 heteroatoms. The Hall–Kier alpha value is -0.610. The molecule has 4 nitrogen and oxygen atoms in total. The number of nitrogens with two attached hydrogens (primary N) is 1. The van der Waals surface area contributed by atoms with Crippen LogP contribution in [0.25, 0.3) is 0 Å². The third-order valence-corrected chi connectivity index (χ3v) is 1.77. The van der Waals surface area contributed by atoms with Gasteiger partial charge in [0.25, 0.3) is 0 Å². The smallest absolute Gasteiger partial charge is 0.322 e. The molecule has 0 aromatic rings. The lowest BCUT2D eigenvalue weighted by molar-refractivity contribution is -0.142. The van der Waals surface area contributed by atoms with Crippen molar-refractivity contribution in [3.8, 4) is 0 Å². The maximum Gasteiger partial charge on any atom is 0.322 e. The molecule has 72 valence electrons. The van der Waals surface area contributed by atoms with E-state index in [2.05, 4.69) is 10.1 Å². The van der Waals surface area contributed by atoms with E-state index < -0.39 is 0 Å². The molecule has 0 spiro atoms. The summed E-state index contributed by atoms with van der Waals surface area (Å²) >= 11 is 0. The Kier molecular flexibility index (Phi) is 5.66. The SMILES string of the molecule is CCC(N)CNC(C)C(=O)OC. The van der Waals surface area contributed by atoms with Crippen LogP contribution in [-0.4, -0.2) is 31.7 Å². The summed E-state index contributed by atoms with van der Waals surface area (Å²) in [4.78, 5) is 10.9. The summed E-state index contributed by atoms with van der Waals surface area (Å²) in [5, 5.41) is 2.98. The average molecular weight is 174 g/mol. The minimum absolute atomic E-state index is 0.108. The van der Waals surface area contributed by atoms with Crippen molar-refractivity contribution < 1.29 is 9.53 Å². The van der Waals surface area contributed by atoms with Gasteiger partial charge in [0.05, 0.1) is 7.11 Å². The summed E-state index contributed by atoms with van der Waals surface area (Å²) < 4.78 is 4.54. The molecule has 0 amide bonds. The molecule has 12 heavy (non-hydrogen) atoms. The first-order valence-corrected chi connectivity index (χ1v) is 4.18. The lowest BCUT2D eigenvalue weighted by Gasteiger charge is -2.14. The van der Waals surface area contributed by atoms with Crippen LogP contribution in [-0.2, 0) is 9.53 Å². The largest absolute Gasteiger partial charge is 0.468 e. The number of carbonyl (C=O) groups is 1. The number of hydrogen-bond acceptors (Lipinski definition) is 4. The molecule has 0 saturated carbocycles. The third kappa shape index (κ3) is 4.31. The van der Waals surface area contributed by atoms with Crippen molar-refractivity contribution in [1.29, 1.82) is 0 Å². The van der Waals surface area contributed by atoms with Gasteiger partial charge in [-0.25, -0.2) is 0 Å². The number of carbonyl (C=O) groups excluding carboxylic acids is 1. The molecule has 2 unspecified atom stereocenters. The van der Waals surface area contributed by atoms with E-state index in [4.69, 9.17) is 5.73 Å². The van der Waals surface area contributed by atoms with Crippen LogP contribution < -0.4 is 11.1 Å². The van der Waals surface area contributed by atoms with Gasteiger partial charge < -0.3 is 15.8 Å². The van der Waals surface area contributed by atoms with Gasteiger partial charge in [0, 0.05) is 12.6 Å². The van der Waals surface area contributed by atoms with Crippen molar-refractivity contribution >= 4 is 5.97 Å². The normalized spacial score (nSPS) is 15.3. The molecule has 0 fully saturated rings. The molecule has 0 aliphatic rings. The molecular formula is C8H18N2O2. The van der Waals surface area contributed by atoms with Gasteiger partial charge in [-0.15, -0.1) is 0 Å². The second-order valence-electron chi connectivity index (χ2n) is 2.82. The molecule has 0 aromatic carbocycles. The van der Waals surface area contributed by atoms with Gasteiger partial charge in [-0.2, -0.15) is 0 Å². The molecule has 2 atom stereocenters. The van der Waals surface area contributed by atoms with E-state index in [1.54, 1.807) is 6.92 Å². The van der Waals surface area contributed by atoms with E-state index in [9.17, 15) is 4.79 Å². The number of methoxy groups -OCH3 is 1. The number of rotatable bonds is 5.